The molecule has 3 heterocycles. The zero-order valence-electron chi connectivity index (χ0n) is 21.1. The minimum absolute atomic E-state index is 0.00233. The highest BCUT2D eigenvalue weighted by Crippen LogP contribution is 2.35. The van der Waals surface area contributed by atoms with E-state index >= 15 is 0 Å². The molecule has 3 aromatic carbocycles. The summed E-state index contributed by atoms with van der Waals surface area (Å²) in [4.78, 5) is 42.4. The van der Waals surface area contributed by atoms with Crippen LogP contribution in [0.3, 0.4) is 0 Å². The Kier molecular flexibility index (Phi) is 6.27. The topological polar surface area (TPSA) is 159 Å². The predicted octanol–water partition coefficient (Wildman–Crippen LogP) is 4.40. The number of hydrogen-bond donors (Lipinski definition) is 2. The highest BCUT2D eigenvalue weighted by atomic mass is 16.8. The molecule has 1 unspecified atom stereocenters. The van der Waals surface area contributed by atoms with Crippen LogP contribution in [0, 0.1) is 0 Å². The fourth-order valence-corrected chi connectivity index (χ4v) is 4.80. The molecule has 40 heavy (non-hydrogen) atoms. The second-order valence-corrected chi connectivity index (χ2v) is 8.97. The Morgan fingerprint density at radius 1 is 1.10 bits per heavy atom. The molecule has 5 aromatic rings. The summed E-state index contributed by atoms with van der Waals surface area (Å²) >= 11 is 0. The number of aromatic nitrogens is 4. The van der Waals surface area contributed by atoms with Gasteiger partial charge in [-0.1, -0.05) is 59.8 Å². The maximum Gasteiger partial charge on any atom is 0.509 e. The first-order chi connectivity index (χ1) is 19.4. The number of carboxylic acid groups (broad SMARTS) is 1. The average molecular weight is 543 g/mol. The molecule has 2 aromatic heterocycles. The summed E-state index contributed by atoms with van der Waals surface area (Å²) < 4.78 is 22.4. The molecule has 202 valence electrons. The van der Waals surface area contributed by atoms with Crippen molar-refractivity contribution in [1.82, 2.24) is 19.7 Å². The highest BCUT2D eigenvalue weighted by molar-refractivity contribution is 6.02. The first-order valence-electron chi connectivity index (χ1n) is 12.4. The summed E-state index contributed by atoms with van der Waals surface area (Å²) in [6.45, 7) is 2.38. The van der Waals surface area contributed by atoms with Gasteiger partial charge < -0.3 is 19.3 Å². The molecule has 1 aliphatic rings. The lowest BCUT2D eigenvalue weighted by molar-refractivity contribution is 0.0698. The van der Waals surface area contributed by atoms with Gasteiger partial charge in [0.15, 0.2) is 11.9 Å². The van der Waals surface area contributed by atoms with Crippen molar-refractivity contribution >= 4 is 23.2 Å². The fraction of sp³-hybridized carbons (Fsp3) is 0.179. The van der Waals surface area contributed by atoms with E-state index in [1.54, 1.807) is 10.6 Å². The van der Waals surface area contributed by atoms with Crippen LogP contribution in [0.4, 0.5) is 4.79 Å². The van der Waals surface area contributed by atoms with Gasteiger partial charge in [-0.2, -0.15) is 4.98 Å². The van der Waals surface area contributed by atoms with Crippen LogP contribution < -0.4 is 10.5 Å². The lowest BCUT2D eigenvalue weighted by Crippen LogP contribution is -2.09. The standard InChI is InChI=1S/C28H22N4O8/c1-2-37-26-29-22-19(21-14-38-28(36)39-21)11-12-20(25(33)34)23(22)32(26)13-15-7-9-16(10-8-15)17-5-3-4-6-18(17)24-30-27(35)40-31-24/h3-12,21H,2,13-14H2,1H3,(H,33,34)(H,30,31,35). The monoisotopic (exact) mass is 542 g/mol. The van der Waals surface area contributed by atoms with Gasteiger partial charge in [-0.15, -0.1) is 0 Å². The van der Waals surface area contributed by atoms with Crippen molar-refractivity contribution in [2.45, 2.75) is 19.6 Å². The molecule has 12 heteroatoms. The maximum absolute atomic E-state index is 12.2. The molecule has 1 aliphatic heterocycles. The van der Waals surface area contributed by atoms with Crippen LogP contribution in [0.2, 0.25) is 0 Å². The molecule has 2 N–H and O–H groups in total. The Balaban J connectivity index is 1.40. The fourth-order valence-electron chi connectivity index (χ4n) is 4.80. The number of aromatic amines is 1. The summed E-state index contributed by atoms with van der Waals surface area (Å²) in [7, 11) is 0. The molecule has 6 rings (SSSR count). The number of nitrogens with one attached hydrogen (secondary N) is 1. The van der Waals surface area contributed by atoms with E-state index in [1.807, 2.05) is 55.5 Å². The number of imidazole rings is 1. The Morgan fingerprint density at radius 2 is 1.88 bits per heavy atom. The van der Waals surface area contributed by atoms with Gasteiger partial charge in [0.25, 0.3) is 6.01 Å². The number of ether oxygens (including phenoxy) is 3. The van der Waals surface area contributed by atoms with Gasteiger partial charge in [0.2, 0.25) is 0 Å². The van der Waals surface area contributed by atoms with Crippen molar-refractivity contribution in [2.75, 3.05) is 13.2 Å². The molecule has 0 radical (unpaired) electrons. The number of fused-ring (bicyclic) bond motifs is 1. The third kappa shape index (κ3) is 4.45. The Labute approximate surface area is 225 Å². The normalized spacial score (nSPS) is 14.7. The van der Waals surface area contributed by atoms with E-state index in [9.17, 15) is 19.5 Å². The lowest BCUT2D eigenvalue weighted by atomic mass is 9.98. The second kappa shape index (κ2) is 10.1. The zero-order chi connectivity index (χ0) is 27.8. The number of H-pyrrole nitrogens is 1. The predicted molar refractivity (Wildman–Crippen MR) is 140 cm³/mol. The number of aromatic carboxylic acids is 1. The average Bonchev–Trinajstić information content (AvgIpc) is 3.68. The number of cyclic esters (lactones) is 2. The third-order valence-corrected chi connectivity index (χ3v) is 6.56. The number of hydrogen-bond acceptors (Lipinski definition) is 9. The number of carboxylic acids is 1. The number of benzene rings is 3. The molecule has 12 nitrogen and oxygen atoms in total. The highest BCUT2D eigenvalue weighted by Gasteiger charge is 2.31. The van der Waals surface area contributed by atoms with Gasteiger partial charge in [-0.3, -0.25) is 14.1 Å². The van der Waals surface area contributed by atoms with Gasteiger partial charge in [0.05, 0.1) is 24.2 Å². The van der Waals surface area contributed by atoms with Gasteiger partial charge >= 0.3 is 17.9 Å². The third-order valence-electron chi connectivity index (χ3n) is 6.56. The minimum atomic E-state index is -1.13. The van der Waals surface area contributed by atoms with Crippen LogP contribution in [0.15, 0.2) is 70.0 Å². The molecule has 0 aliphatic carbocycles. The molecular formula is C28H22N4O8. The number of nitrogens with zero attached hydrogens (tertiary/aromatic N) is 3. The zero-order valence-corrected chi connectivity index (χ0v) is 21.1. The SMILES string of the molecule is CCOc1nc2c(C3COC(=O)O3)ccc(C(=O)O)c2n1Cc1ccc(-c2ccccc2-c2noc(=O)[nH]2)cc1. The van der Waals surface area contributed by atoms with Crippen molar-refractivity contribution in [2.24, 2.45) is 0 Å². The van der Waals surface area contributed by atoms with E-state index in [0.717, 1.165) is 16.7 Å². The van der Waals surface area contributed by atoms with Gasteiger partial charge in [0, 0.05) is 11.1 Å². The van der Waals surface area contributed by atoms with Crippen LogP contribution in [-0.4, -0.2) is 50.1 Å². The quantitative estimate of drug-likeness (QED) is 0.269. The number of rotatable bonds is 8. The minimum Gasteiger partial charge on any atom is -0.478 e. The summed E-state index contributed by atoms with van der Waals surface area (Å²) in [6, 6.07) is 18.4. The summed E-state index contributed by atoms with van der Waals surface area (Å²) in [5.74, 6) is -1.44. The Morgan fingerprint density at radius 3 is 2.52 bits per heavy atom. The van der Waals surface area contributed by atoms with E-state index < -0.39 is 24.0 Å². The lowest BCUT2D eigenvalue weighted by Gasteiger charge is -2.13. The van der Waals surface area contributed by atoms with E-state index in [0.29, 0.717) is 34.6 Å². The van der Waals surface area contributed by atoms with Crippen molar-refractivity contribution in [3.05, 3.63) is 87.9 Å². The van der Waals surface area contributed by atoms with Gasteiger partial charge in [0.1, 0.15) is 12.1 Å². The van der Waals surface area contributed by atoms with Gasteiger partial charge in [-0.25, -0.2) is 14.4 Å². The molecule has 0 spiro atoms. The van der Waals surface area contributed by atoms with Gasteiger partial charge in [-0.05, 0) is 29.7 Å². The van der Waals surface area contributed by atoms with Crippen molar-refractivity contribution in [3.63, 3.8) is 0 Å². The first kappa shape index (κ1) is 24.9. The summed E-state index contributed by atoms with van der Waals surface area (Å²) in [6.07, 6.45) is -1.50. The van der Waals surface area contributed by atoms with E-state index in [4.69, 9.17) is 14.2 Å². The maximum atomic E-state index is 12.2. The summed E-state index contributed by atoms with van der Waals surface area (Å²) in [5.41, 5.74) is 4.55. The van der Waals surface area contributed by atoms with E-state index in [2.05, 4.69) is 19.6 Å². The van der Waals surface area contributed by atoms with Crippen LogP contribution in [-0.2, 0) is 16.0 Å². The van der Waals surface area contributed by atoms with Crippen molar-refractivity contribution in [1.29, 1.82) is 0 Å². The van der Waals surface area contributed by atoms with Crippen LogP contribution in [0.5, 0.6) is 6.01 Å². The molecule has 1 fully saturated rings. The first-order valence-corrected chi connectivity index (χ1v) is 12.4. The molecule has 0 saturated carbocycles. The summed E-state index contributed by atoms with van der Waals surface area (Å²) in [5, 5.41) is 13.8. The van der Waals surface area contributed by atoms with Crippen LogP contribution >= 0.6 is 0 Å². The largest absolute Gasteiger partial charge is 0.509 e. The van der Waals surface area contributed by atoms with E-state index in [-0.39, 0.29) is 24.7 Å². The molecule has 0 amide bonds. The second-order valence-electron chi connectivity index (χ2n) is 8.97. The van der Waals surface area contributed by atoms with E-state index in [1.165, 1.54) is 6.07 Å². The van der Waals surface area contributed by atoms with Crippen molar-refractivity contribution < 1.29 is 33.4 Å². The van der Waals surface area contributed by atoms with Crippen LogP contribution in [0.25, 0.3) is 33.5 Å². The van der Waals surface area contributed by atoms with Crippen molar-refractivity contribution in [3.8, 4) is 28.5 Å². The molecule has 0 bridgehead atoms. The Bertz CT molecular complexity index is 1800. The number of carbonyl (C=O) groups excluding carboxylic acids is 1. The molecular weight excluding hydrogens is 520 g/mol. The molecule has 1 saturated heterocycles. The molecule has 1 atom stereocenters. The Hall–Kier alpha value is -5.39. The smallest absolute Gasteiger partial charge is 0.478 e. The van der Waals surface area contributed by atoms with Crippen LogP contribution in [0.1, 0.15) is 34.5 Å². The number of carbonyl (C=O) groups is 2.